The van der Waals surface area contributed by atoms with Gasteiger partial charge in [0.1, 0.15) is 5.78 Å². The Morgan fingerprint density at radius 3 is 2.91 bits per heavy atom. The summed E-state index contributed by atoms with van der Waals surface area (Å²) < 4.78 is 32.2. The third-order valence-corrected chi connectivity index (χ3v) is 6.82. The maximum atomic E-state index is 12.7. The van der Waals surface area contributed by atoms with Crippen LogP contribution >= 0.6 is 0 Å². The third kappa shape index (κ3) is 1.61. The number of Topliss-reactive ketones (excluding diaryl/α,β-unsaturated/α-hetero) is 1. The van der Waals surface area contributed by atoms with E-state index in [0.717, 1.165) is 12.0 Å². The fourth-order valence-corrected chi connectivity index (χ4v) is 5.47. The Hall–Kier alpha value is -1.44. The Kier molecular flexibility index (Phi) is 2.03. The molecule has 0 aliphatic heterocycles. The zero-order valence-electron chi connectivity index (χ0n) is 17.1. The van der Waals surface area contributed by atoms with Crippen LogP contribution in [0.15, 0.2) is 35.9 Å². The molecule has 0 amide bonds. The van der Waals surface area contributed by atoms with Crippen molar-refractivity contribution in [1.29, 1.82) is 0 Å². The number of rotatable bonds is 0. The molecule has 4 aliphatic rings. The highest BCUT2D eigenvalue weighted by atomic mass is 16.1. The van der Waals surface area contributed by atoms with Gasteiger partial charge >= 0.3 is 0 Å². The number of allylic oxidation sites excluding steroid dienone is 5. The predicted molar refractivity (Wildman–Crippen MR) is 86.1 cm³/mol. The van der Waals surface area contributed by atoms with Gasteiger partial charge in [0.2, 0.25) is 0 Å². The Labute approximate surface area is 138 Å². The van der Waals surface area contributed by atoms with Crippen LogP contribution in [-0.4, -0.2) is 11.6 Å². The van der Waals surface area contributed by atoms with E-state index in [0.29, 0.717) is 18.4 Å². The van der Waals surface area contributed by atoms with Gasteiger partial charge in [0.25, 0.3) is 0 Å². The molecule has 2 nitrogen and oxygen atoms in total. The molecule has 0 aromatic heterocycles. The molecule has 5 atom stereocenters. The summed E-state index contributed by atoms with van der Waals surface area (Å²) in [5.74, 6) is -0.223. The van der Waals surface area contributed by atoms with E-state index in [1.54, 1.807) is 12.2 Å². The first-order chi connectivity index (χ1) is 12.0. The van der Waals surface area contributed by atoms with Crippen molar-refractivity contribution in [3.8, 4) is 0 Å². The van der Waals surface area contributed by atoms with Crippen LogP contribution in [0.3, 0.4) is 0 Å². The van der Waals surface area contributed by atoms with E-state index in [1.807, 2.05) is 13.0 Å². The van der Waals surface area contributed by atoms with Gasteiger partial charge in [-0.1, -0.05) is 32.0 Å². The molecule has 0 N–H and O–H groups in total. The lowest BCUT2D eigenvalue weighted by molar-refractivity contribution is -0.131. The van der Waals surface area contributed by atoms with Gasteiger partial charge < -0.3 is 0 Å². The molecule has 0 bridgehead atoms. The molecule has 0 saturated heterocycles. The van der Waals surface area contributed by atoms with Crippen molar-refractivity contribution in [3.05, 3.63) is 35.9 Å². The maximum Gasteiger partial charge on any atom is 0.178 e. The second-order valence-corrected chi connectivity index (χ2v) is 7.80. The van der Waals surface area contributed by atoms with Crippen LogP contribution in [0.1, 0.15) is 51.4 Å². The van der Waals surface area contributed by atoms with E-state index in [-0.39, 0.29) is 42.3 Å². The monoisotopic (exact) mass is 300 g/mol. The van der Waals surface area contributed by atoms with E-state index < -0.39 is 17.2 Å². The summed E-state index contributed by atoms with van der Waals surface area (Å²) >= 11 is 0. The summed E-state index contributed by atoms with van der Waals surface area (Å²) in [7, 11) is 0. The topological polar surface area (TPSA) is 34.1 Å². The minimum atomic E-state index is -1.79. The van der Waals surface area contributed by atoms with Gasteiger partial charge in [-0.15, -0.1) is 0 Å². The second-order valence-electron chi connectivity index (χ2n) is 7.80. The summed E-state index contributed by atoms with van der Waals surface area (Å²) in [6, 6.07) is 0. The van der Waals surface area contributed by atoms with Crippen LogP contribution in [0.5, 0.6) is 0 Å². The van der Waals surface area contributed by atoms with Gasteiger partial charge in [-0.25, -0.2) is 0 Å². The van der Waals surface area contributed by atoms with Crippen LogP contribution in [0, 0.1) is 28.6 Å². The summed E-state index contributed by atoms with van der Waals surface area (Å²) in [4.78, 5) is 24.7. The molecular weight excluding hydrogens is 272 g/mol. The highest BCUT2D eigenvalue weighted by molar-refractivity contribution is 6.02. The molecule has 22 heavy (non-hydrogen) atoms. The minimum Gasteiger partial charge on any atom is -0.299 e. The van der Waals surface area contributed by atoms with Crippen LogP contribution < -0.4 is 0 Å². The molecular formula is C20H24O2. The average molecular weight is 300 g/mol. The van der Waals surface area contributed by atoms with Crippen molar-refractivity contribution in [3.63, 3.8) is 0 Å². The number of carbonyl (C=O) groups excluding carboxylic acids is 2. The van der Waals surface area contributed by atoms with Gasteiger partial charge in [0, 0.05) is 19.9 Å². The second kappa shape index (κ2) is 4.31. The van der Waals surface area contributed by atoms with Crippen molar-refractivity contribution >= 4 is 11.6 Å². The van der Waals surface area contributed by atoms with E-state index in [1.165, 1.54) is 0 Å². The number of hydrogen-bond acceptors (Lipinski definition) is 2. The van der Waals surface area contributed by atoms with Crippen molar-refractivity contribution in [2.24, 2.45) is 28.6 Å². The summed E-state index contributed by atoms with van der Waals surface area (Å²) in [5, 5.41) is 0. The molecule has 3 saturated carbocycles. The average Bonchev–Trinajstić information content (AvgIpc) is 2.74. The third-order valence-electron chi connectivity index (χ3n) is 6.82. The van der Waals surface area contributed by atoms with E-state index in [4.69, 9.17) is 5.48 Å². The quantitative estimate of drug-likeness (QED) is 0.677. The van der Waals surface area contributed by atoms with Gasteiger partial charge in [-0.2, -0.15) is 0 Å². The smallest absolute Gasteiger partial charge is 0.178 e. The van der Waals surface area contributed by atoms with Crippen LogP contribution in [0.4, 0.5) is 0 Å². The molecule has 0 unspecified atom stereocenters. The van der Waals surface area contributed by atoms with Crippen LogP contribution in [0.25, 0.3) is 0 Å². The van der Waals surface area contributed by atoms with Crippen LogP contribution in [0.2, 0.25) is 0 Å². The Morgan fingerprint density at radius 2 is 2.14 bits per heavy atom. The molecule has 116 valence electrons. The number of hydrogen-bond donors (Lipinski definition) is 0. The first-order valence-corrected chi connectivity index (χ1v) is 8.18. The van der Waals surface area contributed by atoms with Gasteiger partial charge in [0.05, 0.1) is 2.74 Å². The van der Waals surface area contributed by atoms with Crippen molar-refractivity contribution in [2.45, 2.75) is 45.9 Å². The Morgan fingerprint density at radius 1 is 1.32 bits per heavy atom. The lowest BCUT2D eigenvalue weighted by Gasteiger charge is -2.56. The predicted octanol–water partition coefficient (Wildman–Crippen LogP) is 4.03. The minimum absolute atomic E-state index is 0.0518. The normalized spacial score (nSPS) is 51.6. The molecule has 2 heteroatoms. The first kappa shape index (κ1) is 10.4. The molecule has 0 aromatic rings. The van der Waals surface area contributed by atoms with E-state index in [9.17, 15) is 9.59 Å². The fourth-order valence-electron chi connectivity index (χ4n) is 5.47. The largest absolute Gasteiger partial charge is 0.299 e. The van der Waals surface area contributed by atoms with Gasteiger partial charge in [-0.05, 0) is 61.2 Å². The summed E-state index contributed by atoms with van der Waals surface area (Å²) in [6.07, 6.45) is 5.43. The first-order valence-electron chi connectivity index (χ1n) is 10.2. The number of carbonyl (C=O) groups is 2. The summed E-state index contributed by atoms with van der Waals surface area (Å²) in [6.45, 7) is 3.69. The maximum absolute atomic E-state index is 12.7. The summed E-state index contributed by atoms with van der Waals surface area (Å²) in [5.41, 5.74) is 0.267. The lowest BCUT2D eigenvalue weighted by Crippen LogP contribution is -2.50. The van der Waals surface area contributed by atoms with Crippen molar-refractivity contribution < 1.29 is 15.1 Å². The Bertz CT molecular complexity index is 805. The Balaban J connectivity index is 1.84. The van der Waals surface area contributed by atoms with E-state index >= 15 is 0 Å². The SMILES string of the molecule is [2H]C([2H])=C1C[C@@H]2[C@H](CC[C@]3(C)C(=O)C([2H])([2H])C[C@@H]23)[C@@]2(C)C=CC(=O)C=C12. The zero-order valence-corrected chi connectivity index (χ0v) is 13.1. The van der Waals surface area contributed by atoms with E-state index in [2.05, 4.69) is 6.92 Å². The molecule has 0 aromatic carbocycles. The zero-order chi connectivity index (χ0) is 19.1. The van der Waals surface area contributed by atoms with Gasteiger partial charge in [-0.3, -0.25) is 9.59 Å². The molecule has 3 fully saturated rings. The highest BCUT2D eigenvalue weighted by Gasteiger charge is 2.59. The lowest BCUT2D eigenvalue weighted by atomic mass is 9.48. The van der Waals surface area contributed by atoms with Gasteiger partial charge in [0.15, 0.2) is 5.78 Å². The molecule has 4 rings (SSSR count). The number of ketones is 2. The molecule has 0 spiro atoms. The number of fused-ring (bicyclic) bond motifs is 5. The van der Waals surface area contributed by atoms with Crippen LogP contribution in [-0.2, 0) is 9.59 Å². The highest BCUT2D eigenvalue weighted by Crippen LogP contribution is 2.64. The fraction of sp³-hybridized carbons (Fsp3) is 0.600. The standard InChI is InChI=1S/C20H24O2/c1-12-10-14-15-4-5-18(22)20(15,3)9-7-16(14)19(2)8-6-13(21)11-17(12)19/h6,8,11,14-16H,1,4-5,7,9-10H2,2-3H3/t14-,15-,16-,19+,20-/m0/s1/i1D2,5D2. The molecule has 4 aliphatic carbocycles. The van der Waals surface area contributed by atoms with Crippen molar-refractivity contribution in [1.82, 2.24) is 0 Å². The van der Waals surface area contributed by atoms with Crippen molar-refractivity contribution in [2.75, 3.05) is 0 Å². The molecule has 0 heterocycles. The molecule has 0 radical (unpaired) electrons.